The van der Waals surface area contributed by atoms with E-state index in [-0.39, 0.29) is 5.54 Å². The summed E-state index contributed by atoms with van der Waals surface area (Å²) < 4.78 is 2.93. The Kier molecular flexibility index (Phi) is 2.81. The topological polar surface area (TPSA) is 53.6 Å². The molecule has 0 radical (unpaired) electrons. The van der Waals surface area contributed by atoms with Crippen molar-refractivity contribution >= 4 is 15.9 Å². The highest BCUT2D eigenvalue weighted by atomic mass is 79.9. The maximum Gasteiger partial charge on any atom is 0.108 e. The van der Waals surface area contributed by atoms with Gasteiger partial charge in [0.1, 0.15) is 5.54 Å². The third kappa shape index (κ3) is 1.92. The van der Waals surface area contributed by atoms with Crippen LogP contribution in [0.1, 0.15) is 25.3 Å². The predicted molar refractivity (Wildman–Crippen MR) is 60.2 cm³/mol. The first-order chi connectivity index (χ1) is 7.19. The second kappa shape index (κ2) is 3.95. The first kappa shape index (κ1) is 10.7. The van der Waals surface area contributed by atoms with Gasteiger partial charge in [-0.1, -0.05) is 0 Å². The van der Waals surface area contributed by atoms with Crippen LogP contribution in [-0.2, 0) is 0 Å². The summed E-state index contributed by atoms with van der Waals surface area (Å²) in [5.41, 5.74) is -0.358. The molecular weight excluding hydrogens is 256 g/mol. The molecule has 1 aliphatic rings. The lowest BCUT2D eigenvalue weighted by molar-refractivity contribution is 0.410. The minimum atomic E-state index is -0.358. The largest absolute Gasteiger partial charge is 0.302 e. The van der Waals surface area contributed by atoms with Crippen LogP contribution >= 0.6 is 15.9 Å². The standard InChI is InChI=1S/C10H13BrN4/c1-13-10(7-12)3-2-9(4-10)15-6-8(11)5-14-15/h5-6,9,13H,2-4H2,1H3. The van der Waals surface area contributed by atoms with Gasteiger partial charge in [0.15, 0.2) is 0 Å². The van der Waals surface area contributed by atoms with Gasteiger partial charge in [0, 0.05) is 12.6 Å². The molecule has 4 nitrogen and oxygen atoms in total. The van der Waals surface area contributed by atoms with Crippen LogP contribution in [0.5, 0.6) is 0 Å². The molecule has 0 aromatic carbocycles. The zero-order chi connectivity index (χ0) is 10.9. The summed E-state index contributed by atoms with van der Waals surface area (Å²) in [5, 5.41) is 16.5. The molecule has 0 saturated heterocycles. The number of rotatable bonds is 2. The number of aromatic nitrogens is 2. The van der Waals surface area contributed by atoms with Gasteiger partial charge in [-0.3, -0.25) is 4.68 Å². The van der Waals surface area contributed by atoms with E-state index >= 15 is 0 Å². The van der Waals surface area contributed by atoms with E-state index in [4.69, 9.17) is 5.26 Å². The van der Waals surface area contributed by atoms with Gasteiger partial charge in [-0.2, -0.15) is 10.4 Å². The highest BCUT2D eigenvalue weighted by molar-refractivity contribution is 9.10. The van der Waals surface area contributed by atoms with Crippen LogP contribution in [0.2, 0.25) is 0 Å². The first-order valence-electron chi connectivity index (χ1n) is 4.99. The molecule has 1 aliphatic carbocycles. The van der Waals surface area contributed by atoms with E-state index in [0.29, 0.717) is 6.04 Å². The van der Waals surface area contributed by atoms with Crippen molar-refractivity contribution in [3.8, 4) is 6.07 Å². The van der Waals surface area contributed by atoms with E-state index in [2.05, 4.69) is 32.4 Å². The van der Waals surface area contributed by atoms with E-state index in [9.17, 15) is 0 Å². The fourth-order valence-corrected chi connectivity index (χ4v) is 2.45. The lowest BCUT2D eigenvalue weighted by Gasteiger charge is -2.19. The van der Waals surface area contributed by atoms with E-state index < -0.39 is 0 Å². The van der Waals surface area contributed by atoms with Crippen LogP contribution in [0.3, 0.4) is 0 Å². The Morgan fingerprint density at radius 1 is 1.80 bits per heavy atom. The summed E-state index contributed by atoms with van der Waals surface area (Å²) in [5.74, 6) is 0. The molecule has 1 heterocycles. The van der Waals surface area contributed by atoms with Crippen molar-refractivity contribution < 1.29 is 0 Å². The van der Waals surface area contributed by atoms with E-state index in [1.165, 1.54) is 0 Å². The third-order valence-electron chi connectivity index (χ3n) is 3.13. The van der Waals surface area contributed by atoms with Crippen molar-refractivity contribution in [1.82, 2.24) is 15.1 Å². The van der Waals surface area contributed by atoms with Gasteiger partial charge in [-0.15, -0.1) is 0 Å². The Morgan fingerprint density at radius 3 is 3.07 bits per heavy atom. The molecule has 2 atom stereocenters. The van der Waals surface area contributed by atoms with Crippen molar-refractivity contribution in [3.63, 3.8) is 0 Å². The van der Waals surface area contributed by atoms with E-state index in [1.54, 1.807) is 6.20 Å². The summed E-state index contributed by atoms with van der Waals surface area (Å²) >= 11 is 3.38. The lowest BCUT2D eigenvalue weighted by atomic mass is 10.0. The van der Waals surface area contributed by atoms with Crippen LogP contribution in [0.4, 0.5) is 0 Å². The number of nitrogens with one attached hydrogen (secondary N) is 1. The second-order valence-electron chi connectivity index (χ2n) is 3.98. The molecule has 80 valence electrons. The highest BCUT2D eigenvalue weighted by Crippen LogP contribution is 2.37. The average Bonchev–Trinajstić information content (AvgIpc) is 2.84. The minimum Gasteiger partial charge on any atom is -0.302 e. The molecule has 1 aromatic heterocycles. The van der Waals surface area contributed by atoms with Gasteiger partial charge in [0.2, 0.25) is 0 Å². The van der Waals surface area contributed by atoms with Crippen LogP contribution in [0, 0.1) is 11.3 Å². The van der Waals surface area contributed by atoms with Gasteiger partial charge in [-0.25, -0.2) is 0 Å². The lowest BCUT2D eigenvalue weighted by Crippen LogP contribution is -2.38. The SMILES string of the molecule is CNC1(C#N)CCC(n2cc(Br)cn2)C1. The Labute approximate surface area is 97.4 Å². The normalized spacial score (nSPS) is 30.3. The molecule has 0 aliphatic heterocycles. The van der Waals surface area contributed by atoms with Crippen LogP contribution in [0.15, 0.2) is 16.9 Å². The maximum absolute atomic E-state index is 9.13. The number of nitriles is 1. The average molecular weight is 269 g/mol. The summed E-state index contributed by atoms with van der Waals surface area (Å²) in [6.07, 6.45) is 6.47. The number of hydrogen-bond acceptors (Lipinski definition) is 3. The van der Waals surface area contributed by atoms with Crippen LogP contribution in [-0.4, -0.2) is 22.4 Å². The number of halogens is 1. The molecule has 1 saturated carbocycles. The minimum absolute atomic E-state index is 0.336. The van der Waals surface area contributed by atoms with Crippen LogP contribution < -0.4 is 5.32 Å². The second-order valence-corrected chi connectivity index (χ2v) is 4.89. The third-order valence-corrected chi connectivity index (χ3v) is 3.53. The van der Waals surface area contributed by atoms with Crippen molar-refractivity contribution in [2.45, 2.75) is 30.8 Å². The molecule has 1 N–H and O–H groups in total. The zero-order valence-corrected chi connectivity index (χ0v) is 10.2. The molecule has 5 heteroatoms. The fraction of sp³-hybridized carbons (Fsp3) is 0.600. The monoisotopic (exact) mass is 268 g/mol. The van der Waals surface area contributed by atoms with Gasteiger partial charge >= 0.3 is 0 Å². The Morgan fingerprint density at radius 2 is 2.60 bits per heavy atom. The molecule has 0 bridgehead atoms. The highest BCUT2D eigenvalue weighted by Gasteiger charge is 2.39. The quantitative estimate of drug-likeness (QED) is 0.891. The van der Waals surface area contributed by atoms with Crippen molar-refractivity contribution in [2.75, 3.05) is 7.05 Å². The number of hydrogen-bond donors (Lipinski definition) is 1. The van der Waals surface area contributed by atoms with Crippen molar-refractivity contribution in [2.24, 2.45) is 0 Å². The molecule has 15 heavy (non-hydrogen) atoms. The molecule has 0 amide bonds. The Bertz CT molecular complexity index is 394. The summed E-state index contributed by atoms with van der Waals surface area (Å²) in [6.45, 7) is 0. The molecular formula is C10H13BrN4. The van der Waals surface area contributed by atoms with E-state index in [1.807, 2.05) is 17.9 Å². The Hall–Kier alpha value is -0.860. The predicted octanol–water partition coefficient (Wildman–Crippen LogP) is 1.85. The smallest absolute Gasteiger partial charge is 0.108 e. The molecule has 2 rings (SSSR count). The van der Waals surface area contributed by atoms with Crippen LogP contribution in [0.25, 0.3) is 0 Å². The van der Waals surface area contributed by atoms with Gasteiger partial charge < -0.3 is 5.32 Å². The number of nitrogens with zero attached hydrogens (tertiary/aromatic N) is 3. The van der Waals surface area contributed by atoms with Gasteiger partial charge in [-0.05, 0) is 35.8 Å². The first-order valence-corrected chi connectivity index (χ1v) is 5.78. The molecule has 2 unspecified atom stereocenters. The summed E-state index contributed by atoms with van der Waals surface area (Å²) in [7, 11) is 1.85. The maximum atomic E-state index is 9.13. The molecule has 1 fully saturated rings. The fourth-order valence-electron chi connectivity index (χ4n) is 2.14. The molecule has 1 aromatic rings. The summed E-state index contributed by atoms with van der Waals surface area (Å²) in [4.78, 5) is 0. The summed E-state index contributed by atoms with van der Waals surface area (Å²) in [6, 6.07) is 2.71. The molecule has 0 spiro atoms. The van der Waals surface area contributed by atoms with E-state index in [0.717, 1.165) is 23.7 Å². The van der Waals surface area contributed by atoms with Crippen molar-refractivity contribution in [1.29, 1.82) is 5.26 Å². The van der Waals surface area contributed by atoms with Gasteiger partial charge in [0.25, 0.3) is 0 Å². The van der Waals surface area contributed by atoms with Crippen molar-refractivity contribution in [3.05, 3.63) is 16.9 Å². The van der Waals surface area contributed by atoms with Gasteiger partial charge in [0.05, 0.1) is 22.8 Å². The Balaban J connectivity index is 2.14. The zero-order valence-electron chi connectivity index (χ0n) is 8.57.